The summed E-state index contributed by atoms with van der Waals surface area (Å²) in [5, 5.41) is 10.7. The van der Waals surface area contributed by atoms with Gasteiger partial charge in [-0.2, -0.15) is 0 Å². The zero-order chi connectivity index (χ0) is 77.1. The Morgan fingerprint density at radius 1 is 0.257 bits per heavy atom. The molecule has 0 bridgehead atoms. The highest BCUT2D eigenvalue weighted by Gasteiger charge is 2.30. The van der Waals surface area contributed by atoms with Crippen LogP contribution >= 0.6 is 15.6 Å². The maximum atomic E-state index is 13.1. The Morgan fingerprint density at radius 2 is 0.438 bits per heavy atom. The van der Waals surface area contributed by atoms with Gasteiger partial charge in [-0.05, 0) is 37.5 Å². The number of phosphoric acid groups is 2. The van der Waals surface area contributed by atoms with Crippen molar-refractivity contribution in [3.05, 3.63) is 0 Å². The van der Waals surface area contributed by atoms with Crippen LogP contribution in [0, 0.1) is 11.8 Å². The fourth-order valence-corrected chi connectivity index (χ4v) is 15.0. The van der Waals surface area contributed by atoms with E-state index in [0.717, 1.165) is 102 Å². The van der Waals surface area contributed by atoms with Crippen LogP contribution in [0.5, 0.6) is 0 Å². The molecule has 0 heterocycles. The van der Waals surface area contributed by atoms with Crippen molar-refractivity contribution in [2.45, 2.75) is 477 Å². The normalized spacial score (nSPS) is 13.8. The highest BCUT2D eigenvalue weighted by atomic mass is 31.2. The third-order valence-corrected chi connectivity index (χ3v) is 22.1. The maximum absolute atomic E-state index is 13.1. The van der Waals surface area contributed by atoms with Crippen LogP contribution in [-0.4, -0.2) is 96.7 Å². The molecule has 624 valence electrons. The topological polar surface area (TPSA) is 237 Å². The fraction of sp³-hybridized carbons (Fsp3) is 0.953. The minimum atomic E-state index is -4.97. The van der Waals surface area contributed by atoms with Gasteiger partial charge in [-0.3, -0.25) is 37.3 Å². The lowest BCUT2D eigenvalue weighted by Gasteiger charge is -2.21. The van der Waals surface area contributed by atoms with E-state index in [1.54, 1.807) is 0 Å². The highest BCUT2D eigenvalue weighted by molar-refractivity contribution is 7.47. The number of esters is 4. The van der Waals surface area contributed by atoms with Gasteiger partial charge in [-0.25, -0.2) is 9.13 Å². The number of hydrogen-bond acceptors (Lipinski definition) is 15. The van der Waals surface area contributed by atoms with E-state index in [0.29, 0.717) is 25.7 Å². The van der Waals surface area contributed by atoms with E-state index < -0.39 is 97.5 Å². The third-order valence-electron chi connectivity index (χ3n) is 20.2. The predicted octanol–water partition coefficient (Wildman–Crippen LogP) is 26.2. The van der Waals surface area contributed by atoms with E-state index in [1.165, 1.54) is 276 Å². The van der Waals surface area contributed by atoms with E-state index in [9.17, 15) is 43.2 Å². The van der Waals surface area contributed by atoms with Crippen LogP contribution in [-0.2, 0) is 65.4 Å². The van der Waals surface area contributed by atoms with Crippen molar-refractivity contribution in [1.82, 2.24) is 0 Å². The van der Waals surface area contributed by atoms with Crippen molar-refractivity contribution in [2.75, 3.05) is 39.6 Å². The molecule has 0 aliphatic heterocycles. The second-order valence-corrected chi connectivity index (χ2v) is 34.8. The summed E-state index contributed by atoms with van der Waals surface area (Å²) in [6.07, 6.45) is 69.3. The van der Waals surface area contributed by atoms with Gasteiger partial charge < -0.3 is 33.8 Å². The second-order valence-electron chi connectivity index (χ2n) is 31.9. The van der Waals surface area contributed by atoms with E-state index in [4.69, 9.17) is 37.0 Å². The molecule has 3 N–H and O–H groups in total. The molecule has 0 fully saturated rings. The largest absolute Gasteiger partial charge is 0.472 e. The molecular formula is C86H168O17P2. The zero-order valence-electron chi connectivity index (χ0n) is 69.0. The Hall–Kier alpha value is -1.94. The molecule has 19 heteroatoms. The Balaban J connectivity index is 5.26. The smallest absolute Gasteiger partial charge is 0.462 e. The summed E-state index contributed by atoms with van der Waals surface area (Å²) in [6.45, 7) is 9.72. The van der Waals surface area contributed by atoms with Crippen molar-refractivity contribution < 1.29 is 80.2 Å². The Bertz CT molecular complexity index is 2010. The Labute approximate surface area is 645 Å². The SMILES string of the molecule is CCCCCCCCCCCCCCCCCCCCC(=O)OC[C@H](COP(=O)(O)OC[C@@H](O)COP(=O)(O)OC[C@@H](COC(=O)CCCCCCCCCCCCCC)OC(=O)CCCCCCCCCCCCCCCC(C)C)OC(=O)CCCCCCCCCCCCCCCCCCC(C)C. The molecular weight excluding hydrogens is 1370 g/mol. The zero-order valence-corrected chi connectivity index (χ0v) is 70.8. The molecule has 0 spiro atoms. The van der Waals surface area contributed by atoms with Gasteiger partial charge in [-0.1, -0.05) is 408 Å². The van der Waals surface area contributed by atoms with Gasteiger partial charge in [0.05, 0.1) is 26.4 Å². The van der Waals surface area contributed by atoms with Gasteiger partial charge in [-0.15, -0.1) is 0 Å². The van der Waals surface area contributed by atoms with Crippen LogP contribution in [0.1, 0.15) is 459 Å². The molecule has 0 saturated carbocycles. The minimum Gasteiger partial charge on any atom is -0.462 e. The molecule has 2 unspecified atom stereocenters. The van der Waals surface area contributed by atoms with Crippen molar-refractivity contribution >= 4 is 39.5 Å². The number of unbranched alkanes of at least 4 members (excludes halogenated alkanes) is 55. The van der Waals surface area contributed by atoms with Crippen molar-refractivity contribution in [3.8, 4) is 0 Å². The number of carbonyl (C=O) groups is 4. The standard InChI is InChI=1S/C86H168O17P2/c1-7-9-11-13-15-17-19-21-22-23-24-28-33-39-45-51-57-63-69-84(89)97-75-82(102-85(90)70-64-58-52-46-40-34-29-26-25-27-31-36-42-48-54-60-66-78(3)4)77-101-105(94,95)99-73-80(87)72-98-104(92,93)100-76-81(74-96-83(88)68-62-56-50-44-38-20-18-16-14-12-10-8-2)103-86(91)71-65-59-53-47-41-35-30-32-37-43-49-55-61-67-79(5)6/h78-82,87H,7-77H2,1-6H3,(H,92,93)(H,94,95)/t80-,81+,82+/m0/s1. The monoisotopic (exact) mass is 1540 g/mol. The van der Waals surface area contributed by atoms with Crippen molar-refractivity contribution in [1.29, 1.82) is 0 Å². The van der Waals surface area contributed by atoms with Gasteiger partial charge in [0.15, 0.2) is 12.2 Å². The van der Waals surface area contributed by atoms with Gasteiger partial charge in [0.25, 0.3) is 0 Å². The molecule has 17 nitrogen and oxygen atoms in total. The quantitative estimate of drug-likeness (QED) is 0.0222. The van der Waals surface area contributed by atoms with Crippen LogP contribution in [0.25, 0.3) is 0 Å². The molecule has 0 amide bonds. The van der Waals surface area contributed by atoms with Gasteiger partial charge in [0.2, 0.25) is 0 Å². The average Bonchev–Trinajstić information content (AvgIpc) is 1.05. The molecule has 0 rings (SSSR count). The molecule has 0 aromatic carbocycles. The lowest BCUT2D eigenvalue weighted by Crippen LogP contribution is -2.30. The van der Waals surface area contributed by atoms with Crippen LogP contribution in [0.4, 0.5) is 0 Å². The summed E-state index contributed by atoms with van der Waals surface area (Å²) in [6, 6.07) is 0. The minimum absolute atomic E-state index is 0.108. The summed E-state index contributed by atoms with van der Waals surface area (Å²) in [4.78, 5) is 73.3. The Kier molecular flexibility index (Phi) is 76.0. The van der Waals surface area contributed by atoms with Crippen LogP contribution < -0.4 is 0 Å². The summed E-state index contributed by atoms with van der Waals surface area (Å²) in [7, 11) is -9.93. The molecule has 5 atom stereocenters. The van der Waals surface area contributed by atoms with E-state index in [2.05, 4.69) is 41.5 Å². The van der Waals surface area contributed by atoms with E-state index in [-0.39, 0.29) is 25.7 Å². The molecule has 0 saturated heterocycles. The number of aliphatic hydroxyl groups excluding tert-OH is 1. The van der Waals surface area contributed by atoms with Gasteiger partial charge >= 0.3 is 39.5 Å². The maximum Gasteiger partial charge on any atom is 0.472 e. The van der Waals surface area contributed by atoms with Crippen LogP contribution in [0.3, 0.4) is 0 Å². The first-order valence-electron chi connectivity index (χ1n) is 44.5. The first-order valence-corrected chi connectivity index (χ1v) is 47.5. The number of hydrogen-bond donors (Lipinski definition) is 3. The predicted molar refractivity (Wildman–Crippen MR) is 432 cm³/mol. The Morgan fingerprint density at radius 3 is 0.648 bits per heavy atom. The van der Waals surface area contributed by atoms with E-state index >= 15 is 0 Å². The first kappa shape index (κ1) is 103. The fourth-order valence-electron chi connectivity index (χ4n) is 13.4. The molecule has 0 aromatic heterocycles. The number of aliphatic hydroxyl groups is 1. The van der Waals surface area contributed by atoms with E-state index in [1.807, 2.05) is 0 Å². The number of ether oxygens (including phenoxy) is 4. The van der Waals surface area contributed by atoms with Crippen molar-refractivity contribution in [2.24, 2.45) is 11.8 Å². The van der Waals surface area contributed by atoms with Crippen LogP contribution in [0.15, 0.2) is 0 Å². The average molecular weight is 1540 g/mol. The lowest BCUT2D eigenvalue weighted by molar-refractivity contribution is -0.161. The molecule has 0 aromatic rings. The molecule has 105 heavy (non-hydrogen) atoms. The van der Waals surface area contributed by atoms with Gasteiger partial charge in [0, 0.05) is 25.7 Å². The second kappa shape index (κ2) is 77.4. The number of phosphoric ester groups is 2. The number of rotatable bonds is 85. The molecule has 0 radical (unpaired) electrons. The van der Waals surface area contributed by atoms with Crippen molar-refractivity contribution in [3.63, 3.8) is 0 Å². The number of carbonyl (C=O) groups excluding carboxylic acids is 4. The van der Waals surface area contributed by atoms with Gasteiger partial charge in [0.1, 0.15) is 19.3 Å². The summed E-state index contributed by atoms with van der Waals surface area (Å²) < 4.78 is 68.9. The highest BCUT2D eigenvalue weighted by Crippen LogP contribution is 2.45. The summed E-state index contributed by atoms with van der Waals surface area (Å²) in [5.41, 5.74) is 0. The summed E-state index contributed by atoms with van der Waals surface area (Å²) in [5.74, 6) is -0.504. The van der Waals surface area contributed by atoms with Crippen LogP contribution in [0.2, 0.25) is 0 Å². The molecule has 0 aliphatic rings. The third kappa shape index (κ3) is 79.9. The molecule has 0 aliphatic carbocycles. The lowest BCUT2D eigenvalue weighted by atomic mass is 10.0. The first-order chi connectivity index (χ1) is 50.9. The summed E-state index contributed by atoms with van der Waals surface area (Å²) >= 11 is 0.